The summed E-state index contributed by atoms with van der Waals surface area (Å²) < 4.78 is 31.7. The number of rotatable bonds is 5. The molecule has 3 rings (SSSR count). The van der Waals surface area contributed by atoms with Crippen LogP contribution in [0.5, 0.6) is 0 Å². The van der Waals surface area contributed by atoms with Crippen LogP contribution in [0.1, 0.15) is 51.4 Å². The van der Waals surface area contributed by atoms with E-state index in [-0.39, 0.29) is 17.8 Å². The van der Waals surface area contributed by atoms with E-state index in [0.717, 1.165) is 31.6 Å². The zero-order valence-electron chi connectivity index (χ0n) is 12.4. The number of hydrogen-bond donors (Lipinski definition) is 1. The number of nitrogens with one attached hydrogen (secondary N) is 1. The van der Waals surface area contributed by atoms with Gasteiger partial charge in [0.1, 0.15) is 0 Å². The smallest absolute Gasteiger partial charge is 0.237 e. The summed E-state index contributed by atoms with van der Waals surface area (Å²) in [6.07, 6.45) is 7.71. The Balaban J connectivity index is 1.46. The van der Waals surface area contributed by atoms with Gasteiger partial charge in [-0.05, 0) is 56.3 Å². The van der Waals surface area contributed by atoms with Crippen molar-refractivity contribution >= 4 is 15.9 Å². The van der Waals surface area contributed by atoms with E-state index < -0.39 is 10.0 Å². The lowest BCUT2D eigenvalue weighted by Crippen LogP contribution is -2.39. The molecule has 120 valence electrons. The van der Waals surface area contributed by atoms with Gasteiger partial charge in [0, 0.05) is 13.0 Å². The van der Waals surface area contributed by atoms with Gasteiger partial charge in [0.2, 0.25) is 15.9 Å². The van der Waals surface area contributed by atoms with Crippen LogP contribution < -0.4 is 4.72 Å². The van der Waals surface area contributed by atoms with Crippen molar-refractivity contribution in [2.75, 3.05) is 12.4 Å². The van der Waals surface area contributed by atoms with Crippen LogP contribution in [0.25, 0.3) is 0 Å². The van der Waals surface area contributed by atoms with Crippen molar-refractivity contribution in [3.05, 3.63) is 0 Å². The minimum absolute atomic E-state index is 0.0878. The Morgan fingerprint density at radius 2 is 2.00 bits per heavy atom. The second-order valence-electron chi connectivity index (χ2n) is 6.93. The third-order valence-corrected chi connectivity index (χ3v) is 6.63. The first-order valence-electron chi connectivity index (χ1n) is 8.17. The van der Waals surface area contributed by atoms with Crippen LogP contribution in [0.3, 0.4) is 0 Å². The number of fused-ring (bicyclic) bond motifs is 2. The Kier molecular flexibility index (Phi) is 4.54. The Morgan fingerprint density at radius 3 is 2.62 bits per heavy atom. The van der Waals surface area contributed by atoms with E-state index in [9.17, 15) is 13.2 Å². The Labute approximate surface area is 126 Å². The van der Waals surface area contributed by atoms with Crippen LogP contribution in [0, 0.1) is 17.8 Å². The standard InChI is InChI=1S/C15H25NO4S/c17-15(9-13-8-11-4-5-12(13)7-11)16-21(18,19)10-14-3-1-2-6-20-14/h11-14H,1-10H2,(H,16,17). The zero-order valence-corrected chi connectivity index (χ0v) is 13.2. The van der Waals surface area contributed by atoms with Crippen molar-refractivity contribution in [2.45, 2.75) is 57.5 Å². The topological polar surface area (TPSA) is 72.5 Å². The van der Waals surface area contributed by atoms with Gasteiger partial charge in [-0.15, -0.1) is 0 Å². The molecule has 2 saturated carbocycles. The molecule has 1 N–H and O–H groups in total. The molecule has 4 atom stereocenters. The molecular weight excluding hydrogens is 290 g/mol. The van der Waals surface area contributed by atoms with Gasteiger partial charge in [-0.2, -0.15) is 0 Å². The zero-order chi connectivity index (χ0) is 14.9. The van der Waals surface area contributed by atoms with Crippen molar-refractivity contribution in [2.24, 2.45) is 17.8 Å². The molecule has 0 radical (unpaired) electrons. The molecular formula is C15H25NO4S. The normalized spacial score (nSPS) is 35.8. The lowest BCUT2D eigenvalue weighted by Gasteiger charge is -2.23. The molecule has 1 saturated heterocycles. The molecule has 0 aromatic rings. The van der Waals surface area contributed by atoms with Crippen LogP contribution in [-0.4, -0.2) is 32.8 Å². The van der Waals surface area contributed by atoms with Crippen LogP contribution in [0.15, 0.2) is 0 Å². The maximum absolute atomic E-state index is 12.0. The van der Waals surface area contributed by atoms with Crippen LogP contribution in [0.4, 0.5) is 0 Å². The van der Waals surface area contributed by atoms with Gasteiger partial charge in [-0.25, -0.2) is 8.42 Å². The average molecular weight is 315 g/mol. The highest BCUT2D eigenvalue weighted by Crippen LogP contribution is 2.49. The van der Waals surface area contributed by atoms with Gasteiger partial charge in [0.05, 0.1) is 11.9 Å². The van der Waals surface area contributed by atoms with Crippen molar-refractivity contribution in [1.29, 1.82) is 0 Å². The van der Waals surface area contributed by atoms with Crippen molar-refractivity contribution in [1.82, 2.24) is 4.72 Å². The first-order chi connectivity index (χ1) is 10.0. The van der Waals surface area contributed by atoms with Gasteiger partial charge < -0.3 is 4.74 Å². The maximum atomic E-state index is 12.0. The number of amides is 1. The SMILES string of the molecule is O=C(CC1CC2CCC1C2)NS(=O)(=O)CC1CCCCO1. The van der Waals surface area contributed by atoms with Gasteiger partial charge in [-0.1, -0.05) is 6.42 Å². The minimum Gasteiger partial charge on any atom is -0.377 e. The summed E-state index contributed by atoms with van der Waals surface area (Å²) in [5.41, 5.74) is 0. The van der Waals surface area contributed by atoms with Crippen molar-refractivity contribution in [3.8, 4) is 0 Å². The van der Waals surface area contributed by atoms with E-state index in [1.54, 1.807) is 0 Å². The summed E-state index contributed by atoms with van der Waals surface area (Å²) in [5, 5.41) is 0. The van der Waals surface area contributed by atoms with Gasteiger partial charge >= 0.3 is 0 Å². The molecule has 0 aromatic carbocycles. The number of carbonyl (C=O) groups excluding carboxylic acids is 1. The van der Waals surface area contributed by atoms with E-state index >= 15 is 0 Å². The highest BCUT2D eigenvalue weighted by molar-refractivity contribution is 7.90. The monoisotopic (exact) mass is 315 g/mol. The maximum Gasteiger partial charge on any atom is 0.237 e. The van der Waals surface area contributed by atoms with Crippen LogP contribution in [-0.2, 0) is 19.6 Å². The molecule has 3 aliphatic rings. The summed E-state index contributed by atoms with van der Waals surface area (Å²) in [7, 11) is -3.56. The van der Waals surface area contributed by atoms with Crippen LogP contribution >= 0.6 is 0 Å². The molecule has 1 heterocycles. The van der Waals surface area contributed by atoms with Gasteiger partial charge in [0.25, 0.3) is 0 Å². The van der Waals surface area contributed by atoms with E-state index in [1.165, 1.54) is 19.3 Å². The quantitative estimate of drug-likeness (QED) is 0.840. The third kappa shape index (κ3) is 3.97. The molecule has 0 aromatic heterocycles. The summed E-state index contributed by atoms with van der Waals surface area (Å²) in [5.74, 6) is 1.40. The highest BCUT2D eigenvalue weighted by Gasteiger charge is 2.40. The molecule has 1 aliphatic heterocycles. The molecule has 3 fully saturated rings. The number of sulfonamides is 1. The molecule has 2 bridgehead atoms. The van der Waals surface area contributed by atoms with E-state index in [0.29, 0.717) is 24.9 Å². The van der Waals surface area contributed by atoms with Crippen molar-refractivity contribution < 1.29 is 17.9 Å². The fourth-order valence-electron chi connectivity index (χ4n) is 4.30. The number of hydrogen-bond acceptors (Lipinski definition) is 4. The number of carbonyl (C=O) groups is 1. The molecule has 0 spiro atoms. The minimum atomic E-state index is -3.56. The van der Waals surface area contributed by atoms with Crippen LogP contribution in [0.2, 0.25) is 0 Å². The fourth-order valence-corrected chi connectivity index (χ4v) is 5.57. The molecule has 4 unspecified atom stereocenters. The van der Waals surface area contributed by atoms with E-state index in [2.05, 4.69) is 4.72 Å². The largest absolute Gasteiger partial charge is 0.377 e. The summed E-state index contributed by atoms with van der Waals surface area (Å²) in [6, 6.07) is 0. The second-order valence-corrected chi connectivity index (χ2v) is 8.70. The summed E-state index contributed by atoms with van der Waals surface area (Å²) >= 11 is 0. The predicted molar refractivity (Wildman–Crippen MR) is 79.1 cm³/mol. The first-order valence-corrected chi connectivity index (χ1v) is 9.82. The third-order valence-electron chi connectivity index (χ3n) is 5.28. The summed E-state index contributed by atoms with van der Waals surface area (Å²) in [4.78, 5) is 12.0. The first kappa shape index (κ1) is 15.3. The number of ether oxygens (including phenoxy) is 1. The fraction of sp³-hybridized carbons (Fsp3) is 0.933. The molecule has 1 amide bonds. The van der Waals surface area contributed by atoms with Crippen molar-refractivity contribution in [3.63, 3.8) is 0 Å². The second kappa shape index (κ2) is 6.24. The van der Waals surface area contributed by atoms with Gasteiger partial charge in [0.15, 0.2) is 0 Å². The predicted octanol–water partition coefficient (Wildman–Crippen LogP) is 1.83. The molecule has 2 aliphatic carbocycles. The Morgan fingerprint density at radius 1 is 1.14 bits per heavy atom. The molecule has 5 nitrogen and oxygen atoms in total. The van der Waals surface area contributed by atoms with Gasteiger partial charge in [-0.3, -0.25) is 9.52 Å². The molecule has 6 heteroatoms. The van der Waals surface area contributed by atoms with E-state index in [4.69, 9.17) is 4.74 Å². The Bertz CT molecular complexity index is 484. The Hall–Kier alpha value is -0.620. The van der Waals surface area contributed by atoms with E-state index in [1.807, 2.05) is 0 Å². The average Bonchev–Trinajstić information content (AvgIpc) is 3.00. The lowest BCUT2D eigenvalue weighted by molar-refractivity contribution is -0.120. The molecule has 21 heavy (non-hydrogen) atoms. The highest BCUT2D eigenvalue weighted by atomic mass is 32.2. The lowest BCUT2D eigenvalue weighted by atomic mass is 9.86. The summed E-state index contributed by atoms with van der Waals surface area (Å²) in [6.45, 7) is 0.624.